The minimum atomic E-state index is -0.723. The molecule has 0 aliphatic carbocycles. The molecule has 4 N–H and O–H groups in total. The second-order valence-corrected chi connectivity index (χ2v) is 3.67. The molecule has 1 aromatic carbocycles. The highest BCUT2D eigenvalue weighted by molar-refractivity contribution is 5.91. The standard InChI is InChI=1S/C10H9N7O4/c11-8-9(16-21-15-8)13-10(18)14-12-5-6-2-1-3-7(4-6)17(19)20/h1-5H,(H2,11,15)(H2,13,14,16,18)/b12-5-. The predicted molar refractivity (Wildman–Crippen MR) is 71.6 cm³/mol. The van der Waals surface area contributed by atoms with Gasteiger partial charge in [-0.3, -0.25) is 15.4 Å². The van der Waals surface area contributed by atoms with Crippen LogP contribution in [0.3, 0.4) is 0 Å². The summed E-state index contributed by atoms with van der Waals surface area (Å²) in [7, 11) is 0. The van der Waals surface area contributed by atoms with Crippen LogP contribution >= 0.6 is 0 Å². The number of hydrazone groups is 1. The Hall–Kier alpha value is -3.50. The zero-order valence-electron chi connectivity index (χ0n) is 10.4. The van der Waals surface area contributed by atoms with E-state index in [1.54, 1.807) is 6.07 Å². The fourth-order valence-electron chi connectivity index (χ4n) is 1.30. The molecule has 0 bridgehead atoms. The molecule has 1 aromatic heterocycles. The fourth-order valence-corrected chi connectivity index (χ4v) is 1.30. The van der Waals surface area contributed by atoms with Crippen molar-refractivity contribution >= 4 is 29.6 Å². The van der Waals surface area contributed by atoms with Gasteiger partial charge in [-0.1, -0.05) is 12.1 Å². The van der Waals surface area contributed by atoms with Gasteiger partial charge in [-0.05, 0) is 10.3 Å². The van der Waals surface area contributed by atoms with Crippen LogP contribution in [0.4, 0.5) is 22.1 Å². The van der Waals surface area contributed by atoms with Gasteiger partial charge in [0.1, 0.15) is 0 Å². The molecule has 0 atom stereocenters. The highest BCUT2D eigenvalue weighted by atomic mass is 16.6. The first kappa shape index (κ1) is 13.9. The van der Waals surface area contributed by atoms with Gasteiger partial charge in [0, 0.05) is 17.7 Å². The Labute approximate surface area is 116 Å². The Morgan fingerprint density at radius 1 is 1.48 bits per heavy atom. The van der Waals surface area contributed by atoms with Gasteiger partial charge in [0.25, 0.3) is 5.69 Å². The van der Waals surface area contributed by atoms with Crippen LogP contribution in [0.25, 0.3) is 0 Å². The van der Waals surface area contributed by atoms with E-state index in [1.807, 2.05) is 0 Å². The van der Waals surface area contributed by atoms with E-state index in [-0.39, 0.29) is 17.3 Å². The number of nitrogens with one attached hydrogen (secondary N) is 2. The quantitative estimate of drug-likeness (QED) is 0.424. The number of benzene rings is 1. The van der Waals surface area contributed by atoms with Crippen molar-refractivity contribution in [3.8, 4) is 0 Å². The van der Waals surface area contributed by atoms with Gasteiger partial charge < -0.3 is 5.73 Å². The molecule has 0 unspecified atom stereocenters. The molecule has 11 heteroatoms. The molecule has 0 fully saturated rings. The third-order valence-corrected chi connectivity index (χ3v) is 2.21. The largest absolute Gasteiger partial charge is 0.378 e. The number of carbonyl (C=O) groups is 1. The lowest BCUT2D eigenvalue weighted by atomic mass is 10.2. The summed E-state index contributed by atoms with van der Waals surface area (Å²) in [5.74, 6) is -0.120. The number of rotatable bonds is 4. The lowest BCUT2D eigenvalue weighted by Gasteiger charge is -1.99. The minimum absolute atomic E-state index is 0.0435. The number of hydrogen-bond donors (Lipinski definition) is 3. The Morgan fingerprint density at radius 3 is 2.95 bits per heavy atom. The molecule has 21 heavy (non-hydrogen) atoms. The molecule has 2 rings (SSSR count). The molecule has 0 saturated heterocycles. The highest BCUT2D eigenvalue weighted by Gasteiger charge is 2.09. The van der Waals surface area contributed by atoms with E-state index >= 15 is 0 Å². The molecule has 0 spiro atoms. The number of nitrogen functional groups attached to an aromatic ring is 1. The molecule has 0 radical (unpaired) electrons. The monoisotopic (exact) mass is 291 g/mol. The van der Waals surface area contributed by atoms with Crippen LogP contribution in [0.15, 0.2) is 34.0 Å². The van der Waals surface area contributed by atoms with Crippen molar-refractivity contribution in [2.45, 2.75) is 0 Å². The molecule has 1 heterocycles. The van der Waals surface area contributed by atoms with Crippen molar-refractivity contribution in [3.63, 3.8) is 0 Å². The lowest BCUT2D eigenvalue weighted by molar-refractivity contribution is -0.384. The van der Waals surface area contributed by atoms with E-state index in [2.05, 4.69) is 30.8 Å². The number of aromatic nitrogens is 2. The second-order valence-electron chi connectivity index (χ2n) is 3.67. The van der Waals surface area contributed by atoms with E-state index in [4.69, 9.17) is 5.73 Å². The zero-order valence-corrected chi connectivity index (χ0v) is 10.4. The first-order valence-corrected chi connectivity index (χ1v) is 5.49. The van der Waals surface area contributed by atoms with E-state index in [0.29, 0.717) is 5.56 Å². The number of carbonyl (C=O) groups excluding carboxylic acids is 1. The van der Waals surface area contributed by atoms with Gasteiger partial charge in [-0.25, -0.2) is 14.8 Å². The van der Waals surface area contributed by atoms with Crippen LogP contribution in [0.1, 0.15) is 5.56 Å². The Morgan fingerprint density at radius 2 is 2.29 bits per heavy atom. The van der Waals surface area contributed by atoms with Crippen molar-refractivity contribution in [1.82, 2.24) is 15.7 Å². The van der Waals surface area contributed by atoms with E-state index < -0.39 is 11.0 Å². The van der Waals surface area contributed by atoms with E-state index in [0.717, 1.165) is 0 Å². The molecule has 2 aromatic rings. The van der Waals surface area contributed by atoms with Crippen molar-refractivity contribution in [2.24, 2.45) is 5.10 Å². The fraction of sp³-hybridized carbons (Fsp3) is 0. The average Bonchev–Trinajstić information content (AvgIpc) is 2.84. The number of non-ortho nitro benzene ring substituents is 1. The maximum atomic E-state index is 11.4. The average molecular weight is 291 g/mol. The Kier molecular flexibility index (Phi) is 4.04. The summed E-state index contributed by atoms with van der Waals surface area (Å²) in [5.41, 5.74) is 7.84. The van der Waals surface area contributed by atoms with Gasteiger partial charge in [0.15, 0.2) is 0 Å². The van der Waals surface area contributed by atoms with Crippen LogP contribution in [-0.2, 0) is 0 Å². The Balaban J connectivity index is 1.93. The molecule has 0 saturated carbocycles. The SMILES string of the molecule is Nc1nonc1NC(=O)N/N=C\c1cccc([N+](=O)[O-])c1. The van der Waals surface area contributed by atoms with Crippen LogP contribution in [0.2, 0.25) is 0 Å². The van der Waals surface area contributed by atoms with Crippen molar-refractivity contribution < 1.29 is 14.3 Å². The van der Waals surface area contributed by atoms with Gasteiger partial charge in [0.05, 0.1) is 11.1 Å². The van der Waals surface area contributed by atoms with Crippen molar-refractivity contribution in [1.29, 1.82) is 0 Å². The second kappa shape index (κ2) is 6.10. The molecule has 0 aliphatic rings. The molecule has 0 aliphatic heterocycles. The summed E-state index contributed by atoms with van der Waals surface area (Å²) >= 11 is 0. The number of nitrogens with two attached hydrogens (primary N) is 1. The summed E-state index contributed by atoms with van der Waals surface area (Å²) in [4.78, 5) is 21.5. The molecule has 11 nitrogen and oxygen atoms in total. The van der Waals surface area contributed by atoms with E-state index in [1.165, 1.54) is 24.4 Å². The number of amides is 2. The summed E-state index contributed by atoms with van der Waals surface area (Å²) < 4.78 is 4.29. The first-order chi connectivity index (χ1) is 10.1. The van der Waals surface area contributed by atoms with Gasteiger partial charge in [-0.2, -0.15) is 5.10 Å². The summed E-state index contributed by atoms with van der Waals surface area (Å²) in [6.45, 7) is 0. The van der Waals surface area contributed by atoms with Crippen molar-refractivity contribution in [3.05, 3.63) is 39.9 Å². The number of urea groups is 1. The molecule has 2 amide bonds. The summed E-state index contributed by atoms with van der Waals surface area (Å²) in [5, 5.41) is 23.1. The Bertz CT molecular complexity index is 696. The number of anilines is 2. The molecular formula is C10H9N7O4. The van der Waals surface area contributed by atoms with Crippen LogP contribution in [-0.4, -0.2) is 27.5 Å². The van der Waals surface area contributed by atoms with Crippen molar-refractivity contribution in [2.75, 3.05) is 11.1 Å². The maximum absolute atomic E-state index is 11.4. The van der Waals surface area contributed by atoms with Gasteiger partial charge in [-0.15, -0.1) is 0 Å². The van der Waals surface area contributed by atoms with Crippen LogP contribution in [0.5, 0.6) is 0 Å². The highest BCUT2D eigenvalue weighted by Crippen LogP contribution is 2.11. The number of hydrogen-bond acceptors (Lipinski definition) is 8. The summed E-state index contributed by atoms with van der Waals surface area (Å²) in [6.07, 6.45) is 1.25. The smallest absolute Gasteiger partial charge is 0.340 e. The van der Waals surface area contributed by atoms with Crippen LogP contribution < -0.4 is 16.5 Å². The topological polar surface area (TPSA) is 162 Å². The maximum Gasteiger partial charge on any atom is 0.340 e. The number of nitro benzene ring substituents is 1. The van der Waals surface area contributed by atoms with Gasteiger partial charge >= 0.3 is 6.03 Å². The first-order valence-electron chi connectivity index (χ1n) is 5.49. The minimum Gasteiger partial charge on any atom is -0.378 e. The van der Waals surface area contributed by atoms with E-state index in [9.17, 15) is 14.9 Å². The predicted octanol–water partition coefficient (Wildman–Crippen LogP) is 0.716. The zero-order chi connectivity index (χ0) is 15.2. The number of nitro groups is 1. The summed E-state index contributed by atoms with van der Waals surface area (Å²) in [6, 6.07) is 5.02. The van der Waals surface area contributed by atoms with Crippen LogP contribution in [0, 0.1) is 10.1 Å². The molecule has 108 valence electrons. The normalized spacial score (nSPS) is 10.5. The van der Waals surface area contributed by atoms with Gasteiger partial charge in [0.2, 0.25) is 11.6 Å². The third-order valence-electron chi connectivity index (χ3n) is 2.21. The third kappa shape index (κ3) is 3.73. The lowest BCUT2D eigenvalue weighted by Crippen LogP contribution is -2.24. The molecular weight excluding hydrogens is 282 g/mol. The number of nitrogens with zero attached hydrogens (tertiary/aromatic N) is 4.